The summed E-state index contributed by atoms with van der Waals surface area (Å²) in [5, 5.41) is 8.66. The van der Waals surface area contributed by atoms with Gasteiger partial charge in [0, 0.05) is 43.9 Å². The number of benzene rings is 2. The van der Waals surface area contributed by atoms with Crippen molar-refractivity contribution in [3.63, 3.8) is 0 Å². The molecule has 1 fully saturated rings. The van der Waals surface area contributed by atoms with Crippen molar-refractivity contribution in [1.82, 2.24) is 20.0 Å². The third-order valence-electron chi connectivity index (χ3n) is 6.27. The van der Waals surface area contributed by atoms with E-state index < -0.39 is 0 Å². The average molecular weight is 492 g/mol. The van der Waals surface area contributed by atoms with E-state index in [0.717, 1.165) is 24.3 Å². The first-order chi connectivity index (χ1) is 17.5. The highest BCUT2D eigenvalue weighted by atomic mass is 19.1. The number of aromatic nitrogens is 2. The summed E-state index contributed by atoms with van der Waals surface area (Å²) in [6.07, 6.45) is 0.781. The summed E-state index contributed by atoms with van der Waals surface area (Å²) < 4.78 is 18.4. The summed E-state index contributed by atoms with van der Waals surface area (Å²) in [4.78, 5) is 31.5. The number of nitrogens with zero attached hydrogens (tertiary/aromatic N) is 5. The first-order valence-corrected chi connectivity index (χ1v) is 12.0. The maximum Gasteiger partial charge on any atom is 0.254 e. The van der Waals surface area contributed by atoms with E-state index in [9.17, 15) is 14.0 Å². The van der Waals surface area contributed by atoms with Crippen LogP contribution in [0.2, 0.25) is 0 Å². The molecule has 4 rings (SSSR count). The number of methoxy groups -OCH3 is 1. The van der Waals surface area contributed by atoms with Crippen LogP contribution in [0.3, 0.4) is 0 Å². The molecule has 2 heterocycles. The van der Waals surface area contributed by atoms with Gasteiger partial charge in [0.15, 0.2) is 5.82 Å². The molecule has 36 heavy (non-hydrogen) atoms. The smallest absolute Gasteiger partial charge is 0.254 e. The zero-order valence-electron chi connectivity index (χ0n) is 20.6. The lowest BCUT2D eigenvalue weighted by Gasteiger charge is -2.26. The molecular formula is C27H30FN5O3. The maximum absolute atomic E-state index is 13.2. The summed E-state index contributed by atoms with van der Waals surface area (Å²) in [5.41, 5.74) is 1.96. The van der Waals surface area contributed by atoms with Gasteiger partial charge in [-0.2, -0.15) is 0 Å². The molecular weight excluding hydrogens is 461 g/mol. The molecule has 3 aromatic rings. The van der Waals surface area contributed by atoms with Crippen LogP contribution in [0.15, 0.2) is 60.7 Å². The van der Waals surface area contributed by atoms with E-state index in [1.807, 2.05) is 24.0 Å². The van der Waals surface area contributed by atoms with Crippen LogP contribution in [0.5, 0.6) is 5.75 Å². The van der Waals surface area contributed by atoms with Crippen molar-refractivity contribution in [2.45, 2.75) is 13.3 Å². The Kier molecular flexibility index (Phi) is 8.10. The molecule has 0 radical (unpaired) electrons. The van der Waals surface area contributed by atoms with Gasteiger partial charge in [-0.05, 0) is 67.9 Å². The highest BCUT2D eigenvalue weighted by molar-refractivity contribution is 5.96. The first kappa shape index (κ1) is 25.1. The Labute approximate surface area is 210 Å². The fourth-order valence-electron chi connectivity index (χ4n) is 4.19. The van der Waals surface area contributed by atoms with Crippen LogP contribution in [0.1, 0.15) is 23.7 Å². The molecule has 1 aliphatic rings. The zero-order valence-corrected chi connectivity index (χ0v) is 20.6. The molecule has 8 nitrogen and oxygen atoms in total. The normalized spacial score (nSPS) is 13.8. The third-order valence-corrected chi connectivity index (χ3v) is 6.27. The van der Waals surface area contributed by atoms with Crippen molar-refractivity contribution >= 4 is 17.6 Å². The van der Waals surface area contributed by atoms with Crippen molar-refractivity contribution in [1.29, 1.82) is 0 Å². The van der Waals surface area contributed by atoms with E-state index in [2.05, 4.69) is 15.1 Å². The van der Waals surface area contributed by atoms with Crippen molar-refractivity contribution in [3.8, 4) is 17.0 Å². The molecule has 0 N–H and O–H groups in total. The number of carbonyl (C=O) groups is 2. The second-order valence-corrected chi connectivity index (χ2v) is 8.56. The standard InChI is InChI=1S/C27H30FN5O3/c1-3-31(27(35)21-6-4-7-23(18-21)36-2)19-26(34)33-15-5-14-32(16-17-33)25-13-12-24(29-30-25)20-8-10-22(28)11-9-20/h4,6-13,18H,3,5,14-17,19H2,1-2H3. The number of amides is 2. The average Bonchev–Trinajstić information content (AvgIpc) is 3.18. The van der Waals surface area contributed by atoms with Crippen LogP contribution in [0.4, 0.5) is 10.2 Å². The van der Waals surface area contributed by atoms with Crippen LogP contribution in [-0.4, -0.2) is 78.2 Å². The minimum Gasteiger partial charge on any atom is -0.497 e. The van der Waals surface area contributed by atoms with Crippen LogP contribution in [-0.2, 0) is 4.79 Å². The summed E-state index contributed by atoms with van der Waals surface area (Å²) in [6, 6.07) is 16.9. The number of halogens is 1. The fourth-order valence-corrected chi connectivity index (χ4v) is 4.19. The van der Waals surface area contributed by atoms with Crippen molar-refractivity contribution in [2.24, 2.45) is 0 Å². The molecule has 188 valence electrons. The number of likely N-dealkylation sites (N-methyl/N-ethyl adjacent to an activating group) is 1. The van der Waals surface area contributed by atoms with E-state index in [-0.39, 0.29) is 24.2 Å². The van der Waals surface area contributed by atoms with Crippen molar-refractivity contribution < 1.29 is 18.7 Å². The molecule has 0 bridgehead atoms. The van der Waals surface area contributed by atoms with Crippen LogP contribution < -0.4 is 9.64 Å². The Morgan fingerprint density at radius 1 is 1.00 bits per heavy atom. The summed E-state index contributed by atoms with van der Waals surface area (Å²) in [5.74, 6) is 0.771. The Morgan fingerprint density at radius 3 is 2.50 bits per heavy atom. The monoisotopic (exact) mass is 491 g/mol. The topological polar surface area (TPSA) is 78.9 Å². The molecule has 0 atom stereocenters. The quantitative estimate of drug-likeness (QED) is 0.504. The number of ether oxygens (including phenoxy) is 1. The summed E-state index contributed by atoms with van der Waals surface area (Å²) >= 11 is 0. The number of hydrogen-bond acceptors (Lipinski definition) is 6. The van der Waals surface area contributed by atoms with Crippen molar-refractivity contribution in [2.75, 3.05) is 51.3 Å². The SMILES string of the molecule is CCN(CC(=O)N1CCCN(c2ccc(-c3ccc(F)cc3)nn2)CC1)C(=O)c1cccc(OC)c1. The van der Waals surface area contributed by atoms with Gasteiger partial charge in [0.25, 0.3) is 5.91 Å². The predicted molar refractivity (Wildman–Crippen MR) is 135 cm³/mol. The number of carbonyl (C=O) groups excluding carboxylic acids is 2. The maximum atomic E-state index is 13.2. The van der Waals surface area contributed by atoms with E-state index in [4.69, 9.17) is 4.74 Å². The zero-order chi connectivity index (χ0) is 25.5. The number of rotatable bonds is 7. The number of anilines is 1. The second kappa shape index (κ2) is 11.6. The second-order valence-electron chi connectivity index (χ2n) is 8.56. The molecule has 2 amide bonds. The van der Waals surface area contributed by atoms with E-state index in [1.54, 1.807) is 48.4 Å². The van der Waals surface area contributed by atoms with Gasteiger partial charge >= 0.3 is 0 Å². The molecule has 1 aromatic heterocycles. The van der Waals surface area contributed by atoms with Gasteiger partial charge < -0.3 is 19.4 Å². The van der Waals surface area contributed by atoms with Crippen LogP contribution >= 0.6 is 0 Å². The fraction of sp³-hybridized carbons (Fsp3) is 0.333. The van der Waals surface area contributed by atoms with E-state index in [1.165, 1.54) is 12.1 Å². The third kappa shape index (κ3) is 5.97. The van der Waals surface area contributed by atoms with E-state index in [0.29, 0.717) is 43.2 Å². The minimum atomic E-state index is -0.293. The van der Waals surface area contributed by atoms with Gasteiger partial charge in [0.05, 0.1) is 12.8 Å². The van der Waals surface area contributed by atoms with Gasteiger partial charge in [-0.3, -0.25) is 9.59 Å². The molecule has 2 aromatic carbocycles. The molecule has 0 saturated carbocycles. The Hall–Kier alpha value is -4.01. The Balaban J connectivity index is 1.35. The van der Waals surface area contributed by atoms with Gasteiger partial charge in [0.2, 0.25) is 5.91 Å². The van der Waals surface area contributed by atoms with Gasteiger partial charge in [0.1, 0.15) is 18.1 Å². The Morgan fingerprint density at radius 2 is 1.81 bits per heavy atom. The minimum absolute atomic E-state index is 0.0265. The first-order valence-electron chi connectivity index (χ1n) is 12.0. The van der Waals surface area contributed by atoms with Gasteiger partial charge in [-0.15, -0.1) is 10.2 Å². The lowest BCUT2D eigenvalue weighted by atomic mass is 10.1. The van der Waals surface area contributed by atoms with Crippen LogP contribution in [0, 0.1) is 5.82 Å². The highest BCUT2D eigenvalue weighted by Gasteiger charge is 2.24. The number of hydrogen-bond donors (Lipinski definition) is 0. The summed E-state index contributed by atoms with van der Waals surface area (Å²) in [7, 11) is 1.55. The van der Waals surface area contributed by atoms with Crippen molar-refractivity contribution in [3.05, 3.63) is 72.0 Å². The molecule has 0 aliphatic carbocycles. The molecule has 0 spiro atoms. The predicted octanol–water partition coefficient (Wildman–Crippen LogP) is 3.49. The lowest BCUT2D eigenvalue weighted by Crippen LogP contribution is -2.44. The summed E-state index contributed by atoms with van der Waals surface area (Å²) in [6.45, 7) is 4.83. The van der Waals surface area contributed by atoms with Crippen LogP contribution in [0.25, 0.3) is 11.3 Å². The van der Waals surface area contributed by atoms with E-state index >= 15 is 0 Å². The Bertz CT molecular complexity index is 1190. The molecule has 1 aliphatic heterocycles. The molecule has 9 heteroatoms. The van der Waals surface area contributed by atoms with Gasteiger partial charge in [-0.25, -0.2) is 4.39 Å². The molecule has 0 unspecified atom stereocenters. The molecule has 1 saturated heterocycles. The lowest BCUT2D eigenvalue weighted by molar-refractivity contribution is -0.131. The largest absolute Gasteiger partial charge is 0.497 e. The highest BCUT2D eigenvalue weighted by Crippen LogP contribution is 2.20. The van der Waals surface area contributed by atoms with Gasteiger partial charge in [-0.1, -0.05) is 6.07 Å².